The summed E-state index contributed by atoms with van der Waals surface area (Å²) in [5.41, 5.74) is 1.93. The molecule has 1 heterocycles. The zero-order chi connectivity index (χ0) is 14.5. The molecule has 112 valence electrons. The van der Waals surface area contributed by atoms with Gasteiger partial charge in [-0.1, -0.05) is 12.1 Å². The molecule has 1 aromatic rings. The van der Waals surface area contributed by atoms with Gasteiger partial charge in [0, 0.05) is 31.7 Å². The van der Waals surface area contributed by atoms with Gasteiger partial charge in [0.1, 0.15) is 5.82 Å². The highest BCUT2D eigenvalue weighted by molar-refractivity contribution is 5.25. The Labute approximate surface area is 121 Å². The van der Waals surface area contributed by atoms with E-state index in [1.807, 2.05) is 19.2 Å². The van der Waals surface area contributed by atoms with E-state index >= 15 is 0 Å². The molecule has 1 saturated heterocycles. The molecule has 0 aromatic heterocycles. The predicted octanol–water partition coefficient (Wildman–Crippen LogP) is 1.93. The van der Waals surface area contributed by atoms with Crippen molar-refractivity contribution in [2.45, 2.75) is 19.5 Å². The van der Waals surface area contributed by atoms with E-state index in [0.717, 1.165) is 30.8 Å². The highest BCUT2D eigenvalue weighted by Crippen LogP contribution is 2.18. The average molecular weight is 279 g/mol. The van der Waals surface area contributed by atoms with Crippen molar-refractivity contribution in [1.29, 1.82) is 0 Å². The third-order valence-corrected chi connectivity index (χ3v) is 3.99. The quantitative estimate of drug-likeness (QED) is 0.858. The van der Waals surface area contributed by atoms with E-state index in [1.165, 1.54) is 13.0 Å². The Morgan fingerprint density at radius 1 is 1.45 bits per heavy atom. The van der Waals surface area contributed by atoms with Gasteiger partial charge in [0.25, 0.3) is 0 Å². The number of benzene rings is 1. The lowest BCUT2D eigenvalue weighted by Crippen LogP contribution is -2.27. The normalized spacial score (nSPS) is 19.9. The van der Waals surface area contributed by atoms with E-state index in [9.17, 15) is 4.39 Å². The van der Waals surface area contributed by atoms with Crippen LogP contribution in [0.2, 0.25) is 0 Å². The molecule has 20 heavy (non-hydrogen) atoms. The topological polar surface area (TPSA) is 18.5 Å². The van der Waals surface area contributed by atoms with Crippen molar-refractivity contribution >= 4 is 0 Å². The van der Waals surface area contributed by atoms with Gasteiger partial charge in [0.2, 0.25) is 0 Å². The number of nitrogens with zero attached hydrogens (tertiary/aromatic N) is 2. The number of hydrogen-bond donors (Lipinski definition) is 1. The third-order valence-electron chi connectivity index (χ3n) is 3.99. The highest BCUT2D eigenvalue weighted by atomic mass is 19.1. The summed E-state index contributed by atoms with van der Waals surface area (Å²) in [5.74, 6) is 0.619. The molecule has 0 radical (unpaired) electrons. The van der Waals surface area contributed by atoms with Gasteiger partial charge < -0.3 is 15.1 Å². The van der Waals surface area contributed by atoms with Gasteiger partial charge in [0.15, 0.2) is 0 Å². The molecular weight excluding hydrogens is 253 g/mol. The molecule has 1 aliphatic heterocycles. The van der Waals surface area contributed by atoms with Gasteiger partial charge in [0.05, 0.1) is 0 Å². The van der Waals surface area contributed by atoms with Crippen molar-refractivity contribution in [1.82, 2.24) is 15.1 Å². The summed E-state index contributed by atoms with van der Waals surface area (Å²) in [6, 6.07) is 5.41. The summed E-state index contributed by atoms with van der Waals surface area (Å²) in [7, 11) is 6.16. The lowest BCUT2D eigenvalue weighted by Gasteiger charge is -2.21. The Balaban J connectivity index is 1.92. The summed E-state index contributed by atoms with van der Waals surface area (Å²) in [6.07, 6.45) is 1.25. The van der Waals surface area contributed by atoms with Crippen molar-refractivity contribution in [2.75, 3.05) is 40.8 Å². The monoisotopic (exact) mass is 279 g/mol. The van der Waals surface area contributed by atoms with Gasteiger partial charge in [-0.25, -0.2) is 4.39 Å². The number of halogens is 1. The maximum Gasteiger partial charge on any atom is 0.127 e. The molecule has 1 aliphatic rings. The summed E-state index contributed by atoms with van der Waals surface area (Å²) in [6.45, 7) is 4.85. The lowest BCUT2D eigenvalue weighted by molar-refractivity contribution is 0.264. The molecular formula is C16H26FN3. The Morgan fingerprint density at radius 2 is 2.25 bits per heavy atom. The molecule has 0 spiro atoms. The standard InChI is InChI=1S/C16H26FN3/c1-18-9-13-4-5-16(17)15(8-13)12-20(3)11-14-6-7-19(2)10-14/h4-5,8,14,18H,6-7,9-12H2,1-3H3. The first kappa shape index (κ1) is 15.4. The van der Waals surface area contributed by atoms with E-state index in [2.05, 4.69) is 29.2 Å². The summed E-state index contributed by atoms with van der Waals surface area (Å²) < 4.78 is 13.9. The number of nitrogens with one attached hydrogen (secondary N) is 1. The Hall–Kier alpha value is -0.970. The van der Waals surface area contributed by atoms with Crippen LogP contribution in [0.3, 0.4) is 0 Å². The molecule has 1 N–H and O–H groups in total. The van der Waals surface area contributed by atoms with Crippen LogP contribution in [0.5, 0.6) is 0 Å². The molecule has 4 heteroatoms. The average Bonchev–Trinajstić information content (AvgIpc) is 2.79. The van der Waals surface area contributed by atoms with Crippen LogP contribution in [0, 0.1) is 11.7 Å². The van der Waals surface area contributed by atoms with Crippen LogP contribution in [-0.2, 0) is 13.1 Å². The number of rotatable bonds is 6. The van der Waals surface area contributed by atoms with Gasteiger partial charge in [-0.3, -0.25) is 0 Å². The Bertz CT molecular complexity index is 436. The first-order valence-electron chi connectivity index (χ1n) is 7.37. The molecule has 0 bridgehead atoms. The lowest BCUT2D eigenvalue weighted by atomic mass is 10.1. The number of hydrogen-bond acceptors (Lipinski definition) is 3. The predicted molar refractivity (Wildman–Crippen MR) is 81.1 cm³/mol. The van der Waals surface area contributed by atoms with Crippen LogP contribution >= 0.6 is 0 Å². The third kappa shape index (κ3) is 4.27. The molecule has 1 unspecified atom stereocenters. The fourth-order valence-electron chi connectivity index (χ4n) is 3.03. The van der Waals surface area contributed by atoms with E-state index < -0.39 is 0 Å². The molecule has 0 saturated carbocycles. The van der Waals surface area contributed by atoms with Gasteiger partial charge >= 0.3 is 0 Å². The van der Waals surface area contributed by atoms with Crippen molar-refractivity contribution in [3.05, 3.63) is 35.1 Å². The van der Waals surface area contributed by atoms with Crippen molar-refractivity contribution < 1.29 is 4.39 Å². The minimum atomic E-state index is -0.0970. The maximum atomic E-state index is 13.9. The summed E-state index contributed by atoms with van der Waals surface area (Å²) in [4.78, 5) is 4.61. The van der Waals surface area contributed by atoms with Crippen LogP contribution < -0.4 is 5.32 Å². The first-order valence-corrected chi connectivity index (χ1v) is 7.37. The minimum Gasteiger partial charge on any atom is -0.316 e. The van der Waals surface area contributed by atoms with Crippen molar-refractivity contribution in [3.63, 3.8) is 0 Å². The minimum absolute atomic E-state index is 0.0970. The largest absolute Gasteiger partial charge is 0.316 e. The van der Waals surface area contributed by atoms with E-state index in [-0.39, 0.29) is 5.82 Å². The second kappa shape index (κ2) is 7.16. The summed E-state index contributed by atoms with van der Waals surface area (Å²) >= 11 is 0. The molecule has 2 rings (SSSR count). The van der Waals surface area contributed by atoms with Crippen molar-refractivity contribution in [3.8, 4) is 0 Å². The summed E-state index contributed by atoms with van der Waals surface area (Å²) in [5, 5.41) is 3.11. The smallest absolute Gasteiger partial charge is 0.127 e. The van der Waals surface area contributed by atoms with E-state index in [1.54, 1.807) is 6.07 Å². The van der Waals surface area contributed by atoms with Crippen LogP contribution in [0.4, 0.5) is 4.39 Å². The molecule has 0 amide bonds. The molecule has 1 fully saturated rings. The van der Waals surface area contributed by atoms with Crippen LogP contribution in [0.25, 0.3) is 0 Å². The fourth-order valence-corrected chi connectivity index (χ4v) is 3.03. The van der Waals surface area contributed by atoms with Gasteiger partial charge in [-0.05, 0) is 51.7 Å². The second-order valence-electron chi connectivity index (χ2n) is 6.07. The van der Waals surface area contributed by atoms with Crippen LogP contribution in [-0.4, -0.2) is 50.6 Å². The molecule has 3 nitrogen and oxygen atoms in total. The van der Waals surface area contributed by atoms with Crippen LogP contribution in [0.15, 0.2) is 18.2 Å². The number of likely N-dealkylation sites (tertiary alicyclic amines) is 1. The highest BCUT2D eigenvalue weighted by Gasteiger charge is 2.21. The van der Waals surface area contributed by atoms with Crippen molar-refractivity contribution in [2.24, 2.45) is 5.92 Å². The van der Waals surface area contributed by atoms with Crippen LogP contribution in [0.1, 0.15) is 17.5 Å². The molecule has 1 aromatic carbocycles. The fraction of sp³-hybridized carbons (Fsp3) is 0.625. The molecule has 1 atom stereocenters. The SMILES string of the molecule is CNCc1ccc(F)c(CN(C)CC2CCN(C)C2)c1. The maximum absolute atomic E-state index is 13.9. The molecule has 0 aliphatic carbocycles. The van der Waals surface area contributed by atoms with E-state index in [4.69, 9.17) is 0 Å². The Kier molecular flexibility index (Phi) is 5.52. The zero-order valence-electron chi connectivity index (χ0n) is 12.8. The second-order valence-corrected chi connectivity index (χ2v) is 6.07. The Morgan fingerprint density at radius 3 is 2.90 bits per heavy atom. The van der Waals surface area contributed by atoms with Gasteiger partial charge in [-0.2, -0.15) is 0 Å². The first-order chi connectivity index (χ1) is 9.58. The van der Waals surface area contributed by atoms with E-state index in [0.29, 0.717) is 12.5 Å². The van der Waals surface area contributed by atoms with Gasteiger partial charge in [-0.15, -0.1) is 0 Å². The zero-order valence-corrected chi connectivity index (χ0v) is 12.8.